The standard InChI is InChI=1S/C6H11NO4/c8-3-5(4-9)7-2-1-6(10)11/h1-2,5,7-9H,3-4H2,(H,10,11)/b2-1+. The van der Waals surface area contributed by atoms with Gasteiger partial charge in [0.15, 0.2) is 0 Å². The molecule has 0 saturated carbocycles. The van der Waals surface area contributed by atoms with Gasteiger partial charge >= 0.3 is 5.97 Å². The lowest BCUT2D eigenvalue weighted by Crippen LogP contribution is -2.31. The molecule has 0 rings (SSSR count). The van der Waals surface area contributed by atoms with Gasteiger partial charge in [0.05, 0.1) is 19.3 Å². The lowest BCUT2D eigenvalue weighted by molar-refractivity contribution is -0.131. The summed E-state index contributed by atoms with van der Waals surface area (Å²) in [6, 6.07) is -0.495. The van der Waals surface area contributed by atoms with Gasteiger partial charge in [-0.3, -0.25) is 0 Å². The fraction of sp³-hybridized carbons (Fsp3) is 0.500. The Balaban J connectivity index is 3.57. The summed E-state index contributed by atoms with van der Waals surface area (Å²) in [6.07, 6.45) is 2.05. The molecule has 5 nitrogen and oxygen atoms in total. The fourth-order valence-electron chi connectivity index (χ4n) is 0.419. The molecule has 64 valence electrons. The Morgan fingerprint density at radius 1 is 1.45 bits per heavy atom. The first-order valence-corrected chi connectivity index (χ1v) is 3.08. The summed E-state index contributed by atoms with van der Waals surface area (Å²) in [6.45, 7) is -0.471. The minimum atomic E-state index is -1.08. The van der Waals surface area contributed by atoms with Crippen molar-refractivity contribution in [3.63, 3.8) is 0 Å². The summed E-state index contributed by atoms with van der Waals surface area (Å²) in [5, 5.41) is 27.6. The Morgan fingerprint density at radius 2 is 2.00 bits per heavy atom. The van der Waals surface area contributed by atoms with E-state index in [2.05, 4.69) is 5.32 Å². The quantitative estimate of drug-likeness (QED) is 0.369. The molecule has 0 aromatic carbocycles. The molecule has 0 unspecified atom stereocenters. The SMILES string of the molecule is O=C(O)/C=C/NC(CO)CO. The summed E-state index contributed by atoms with van der Waals surface area (Å²) in [5.74, 6) is -1.08. The first-order chi connectivity index (χ1) is 5.20. The van der Waals surface area contributed by atoms with Gasteiger partial charge in [0.2, 0.25) is 0 Å². The molecule has 0 aromatic heterocycles. The summed E-state index contributed by atoms with van der Waals surface area (Å²) < 4.78 is 0. The van der Waals surface area contributed by atoms with Crippen molar-refractivity contribution in [1.29, 1.82) is 0 Å². The third-order valence-corrected chi connectivity index (χ3v) is 0.999. The van der Waals surface area contributed by atoms with E-state index in [9.17, 15) is 4.79 Å². The Labute approximate surface area is 64.0 Å². The average Bonchev–Trinajstić information content (AvgIpc) is 1.98. The molecule has 0 spiro atoms. The first-order valence-electron chi connectivity index (χ1n) is 3.08. The van der Waals surface area contributed by atoms with Crippen molar-refractivity contribution in [2.24, 2.45) is 0 Å². The van der Waals surface area contributed by atoms with E-state index in [0.29, 0.717) is 0 Å². The van der Waals surface area contributed by atoms with Gasteiger partial charge < -0.3 is 20.6 Å². The van der Waals surface area contributed by atoms with Gasteiger partial charge in [-0.05, 0) is 0 Å². The third kappa shape index (κ3) is 5.38. The predicted octanol–water partition coefficient (Wildman–Crippen LogP) is -1.47. The minimum Gasteiger partial charge on any atom is -0.478 e. The Kier molecular flexibility index (Phi) is 5.14. The highest BCUT2D eigenvalue weighted by Crippen LogP contribution is 1.79. The smallest absolute Gasteiger partial charge is 0.329 e. The van der Waals surface area contributed by atoms with Crippen LogP contribution in [0.15, 0.2) is 12.3 Å². The van der Waals surface area contributed by atoms with E-state index >= 15 is 0 Å². The van der Waals surface area contributed by atoms with Crippen LogP contribution < -0.4 is 5.32 Å². The molecule has 0 aliphatic heterocycles. The third-order valence-electron chi connectivity index (χ3n) is 0.999. The van der Waals surface area contributed by atoms with Crippen molar-refractivity contribution in [3.8, 4) is 0 Å². The van der Waals surface area contributed by atoms with Crippen LogP contribution in [0.25, 0.3) is 0 Å². The first kappa shape index (κ1) is 9.93. The lowest BCUT2D eigenvalue weighted by Gasteiger charge is -2.09. The highest BCUT2D eigenvalue weighted by molar-refractivity contribution is 5.79. The van der Waals surface area contributed by atoms with Gasteiger partial charge in [0, 0.05) is 12.3 Å². The highest BCUT2D eigenvalue weighted by atomic mass is 16.4. The molecule has 0 aromatic rings. The topological polar surface area (TPSA) is 89.8 Å². The number of aliphatic hydroxyl groups excluding tert-OH is 2. The van der Waals surface area contributed by atoms with Crippen molar-refractivity contribution in [1.82, 2.24) is 5.32 Å². The zero-order valence-electron chi connectivity index (χ0n) is 5.90. The maximum Gasteiger partial charge on any atom is 0.329 e. The summed E-state index contributed by atoms with van der Waals surface area (Å²) >= 11 is 0. The number of hydrogen-bond donors (Lipinski definition) is 4. The molecule has 0 aliphatic carbocycles. The molecule has 0 aliphatic rings. The molecule has 0 radical (unpaired) electrons. The fourth-order valence-corrected chi connectivity index (χ4v) is 0.419. The van der Waals surface area contributed by atoms with Crippen molar-refractivity contribution >= 4 is 5.97 Å². The molecule has 5 heteroatoms. The number of aliphatic hydroxyl groups is 2. The summed E-state index contributed by atoms with van der Waals surface area (Å²) in [4.78, 5) is 9.91. The van der Waals surface area contributed by atoms with E-state index in [1.807, 2.05) is 0 Å². The predicted molar refractivity (Wildman–Crippen MR) is 37.9 cm³/mol. The number of rotatable bonds is 5. The maximum atomic E-state index is 9.91. The largest absolute Gasteiger partial charge is 0.478 e. The molecule has 0 bridgehead atoms. The van der Waals surface area contributed by atoms with Crippen LogP contribution in [0.1, 0.15) is 0 Å². The molecule has 0 amide bonds. The molecule has 0 saturated heterocycles. The molecular weight excluding hydrogens is 150 g/mol. The molecule has 0 heterocycles. The highest BCUT2D eigenvalue weighted by Gasteiger charge is 1.99. The van der Waals surface area contributed by atoms with Gasteiger partial charge in [-0.15, -0.1) is 0 Å². The summed E-state index contributed by atoms with van der Waals surface area (Å²) in [5.41, 5.74) is 0. The number of carboxylic acid groups (broad SMARTS) is 1. The minimum absolute atomic E-state index is 0.236. The second-order valence-electron chi connectivity index (χ2n) is 1.90. The van der Waals surface area contributed by atoms with Crippen molar-refractivity contribution < 1.29 is 20.1 Å². The van der Waals surface area contributed by atoms with Gasteiger partial charge in [0.25, 0.3) is 0 Å². The second kappa shape index (κ2) is 5.70. The average molecular weight is 161 g/mol. The van der Waals surface area contributed by atoms with Crippen LogP contribution >= 0.6 is 0 Å². The number of aliphatic carboxylic acids is 1. The number of carboxylic acids is 1. The van der Waals surface area contributed by atoms with E-state index in [4.69, 9.17) is 15.3 Å². The van der Waals surface area contributed by atoms with Gasteiger partial charge in [-0.2, -0.15) is 0 Å². The lowest BCUT2D eigenvalue weighted by atomic mass is 10.3. The zero-order chi connectivity index (χ0) is 8.69. The number of nitrogens with one attached hydrogen (secondary N) is 1. The van der Waals surface area contributed by atoms with Crippen LogP contribution in [0.2, 0.25) is 0 Å². The zero-order valence-corrected chi connectivity index (χ0v) is 5.90. The van der Waals surface area contributed by atoms with Crippen molar-refractivity contribution in [2.75, 3.05) is 13.2 Å². The van der Waals surface area contributed by atoms with E-state index in [1.165, 1.54) is 6.20 Å². The van der Waals surface area contributed by atoms with Crippen molar-refractivity contribution in [3.05, 3.63) is 12.3 Å². The molecular formula is C6H11NO4. The van der Waals surface area contributed by atoms with Crippen molar-refractivity contribution in [2.45, 2.75) is 6.04 Å². The van der Waals surface area contributed by atoms with E-state index in [1.54, 1.807) is 0 Å². The molecule has 0 atom stereocenters. The second-order valence-corrected chi connectivity index (χ2v) is 1.90. The monoisotopic (exact) mass is 161 g/mol. The van der Waals surface area contributed by atoms with Crippen LogP contribution in [0.4, 0.5) is 0 Å². The van der Waals surface area contributed by atoms with Gasteiger partial charge in [-0.1, -0.05) is 0 Å². The van der Waals surface area contributed by atoms with Crippen LogP contribution in [-0.4, -0.2) is 40.5 Å². The van der Waals surface area contributed by atoms with E-state index in [0.717, 1.165) is 6.08 Å². The Bertz CT molecular complexity index is 142. The Morgan fingerprint density at radius 3 is 2.36 bits per heavy atom. The number of hydrogen-bond acceptors (Lipinski definition) is 4. The van der Waals surface area contributed by atoms with Gasteiger partial charge in [0.1, 0.15) is 0 Å². The summed E-state index contributed by atoms with van der Waals surface area (Å²) in [7, 11) is 0. The van der Waals surface area contributed by atoms with Crippen LogP contribution in [0.5, 0.6) is 0 Å². The van der Waals surface area contributed by atoms with E-state index in [-0.39, 0.29) is 13.2 Å². The molecule has 11 heavy (non-hydrogen) atoms. The Hall–Kier alpha value is -1.07. The normalized spacial score (nSPS) is 10.8. The van der Waals surface area contributed by atoms with Gasteiger partial charge in [-0.25, -0.2) is 4.79 Å². The van der Waals surface area contributed by atoms with Crippen LogP contribution in [0.3, 0.4) is 0 Å². The van der Waals surface area contributed by atoms with E-state index < -0.39 is 12.0 Å². The number of carbonyl (C=O) groups is 1. The van der Waals surface area contributed by atoms with Crippen LogP contribution in [0, 0.1) is 0 Å². The van der Waals surface area contributed by atoms with Crippen LogP contribution in [-0.2, 0) is 4.79 Å². The molecule has 4 N–H and O–H groups in total. The maximum absolute atomic E-state index is 9.91. The molecule has 0 fully saturated rings.